The van der Waals surface area contributed by atoms with Crippen LogP contribution in [0.25, 0.3) is 0 Å². The van der Waals surface area contributed by atoms with Gasteiger partial charge in [0.2, 0.25) is 0 Å². The first-order valence-electron chi connectivity index (χ1n) is 7.83. The molecule has 0 aromatic rings. The van der Waals surface area contributed by atoms with Crippen molar-refractivity contribution >= 4 is 8.60 Å². The predicted molar refractivity (Wildman–Crippen MR) is 81.2 cm³/mol. The molecule has 1 heterocycles. The molecular weight excluding hydrogens is 259 g/mol. The van der Waals surface area contributed by atoms with E-state index in [4.69, 9.17) is 13.6 Å². The van der Waals surface area contributed by atoms with Gasteiger partial charge in [0.25, 0.3) is 0 Å². The molecule has 0 atom stereocenters. The maximum Gasteiger partial charge on any atom is 0.332 e. The van der Waals surface area contributed by atoms with Gasteiger partial charge in [-0.3, -0.25) is 0 Å². The van der Waals surface area contributed by atoms with E-state index in [1.54, 1.807) is 0 Å². The fraction of sp³-hybridized carbons (Fsp3) is 1.00. The second-order valence-corrected chi connectivity index (χ2v) is 7.46. The van der Waals surface area contributed by atoms with Gasteiger partial charge >= 0.3 is 8.60 Å². The molecule has 0 aromatic heterocycles. The van der Waals surface area contributed by atoms with Crippen molar-refractivity contribution in [3.8, 4) is 0 Å². The van der Waals surface area contributed by atoms with Gasteiger partial charge in [-0.15, -0.1) is 0 Å². The van der Waals surface area contributed by atoms with E-state index in [0.29, 0.717) is 0 Å². The minimum Gasteiger partial charge on any atom is -0.312 e. The largest absolute Gasteiger partial charge is 0.332 e. The molecule has 19 heavy (non-hydrogen) atoms. The van der Waals surface area contributed by atoms with E-state index >= 15 is 0 Å². The normalized spacial score (nSPS) is 19.7. The highest BCUT2D eigenvalue weighted by Crippen LogP contribution is 2.46. The smallest absolute Gasteiger partial charge is 0.312 e. The summed E-state index contributed by atoms with van der Waals surface area (Å²) in [7, 11) is -1.06. The third-order valence-electron chi connectivity index (χ3n) is 3.32. The zero-order chi connectivity index (χ0) is 14.0. The van der Waals surface area contributed by atoms with E-state index in [2.05, 4.69) is 20.8 Å². The summed E-state index contributed by atoms with van der Waals surface area (Å²) in [6.07, 6.45) is 10.6. The van der Waals surface area contributed by atoms with Crippen LogP contribution < -0.4 is 0 Å². The van der Waals surface area contributed by atoms with Crippen LogP contribution in [0.2, 0.25) is 0 Å². The molecule has 0 bridgehead atoms. The zero-order valence-corrected chi connectivity index (χ0v) is 13.8. The Bertz CT molecular complexity index is 211. The van der Waals surface area contributed by atoms with Crippen LogP contribution in [0.4, 0.5) is 0 Å². The van der Waals surface area contributed by atoms with Crippen LogP contribution in [0, 0.1) is 5.41 Å². The topological polar surface area (TPSA) is 27.7 Å². The van der Waals surface area contributed by atoms with Crippen LogP contribution >= 0.6 is 8.60 Å². The maximum absolute atomic E-state index is 5.64. The maximum atomic E-state index is 5.64. The van der Waals surface area contributed by atoms with Crippen LogP contribution in [0.5, 0.6) is 0 Å². The molecule has 0 aliphatic carbocycles. The summed E-state index contributed by atoms with van der Waals surface area (Å²) in [5.41, 5.74) is 0.140. The van der Waals surface area contributed by atoms with Crippen LogP contribution in [-0.4, -0.2) is 19.8 Å². The fourth-order valence-corrected chi connectivity index (χ4v) is 3.39. The lowest BCUT2D eigenvalue weighted by molar-refractivity contribution is 0.0275. The second kappa shape index (κ2) is 10.1. The molecule has 1 fully saturated rings. The Balaban J connectivity index is 1.84. The number of hydrogen-bond donors (Lipinski definition) is 0. The molecule has 0 saturated carbocycles. The van der Waals surface area contributed by atoms with E-state index in [9.17, 15) is 0 Å². The Labute approximate surface area is 120 Å². The van der Waals surface area contributed by atoms with Gasteiger partial charge in [0.1, 0.15) is 0 Å². The van der Waals surface area contributed by atoms with Crippen LogP contribution in [-0.2, 0) is 13.6 Å². The average Bonchev–Trinajstić information content (AvgIpc) is 2.38. The van der Waals surface area contributed by atoms with E-state index in [1.807, 2.05) is 0 Å². The summed E-state index contributed by atoms with van der Waals surface area (Å²) in [5, 5.41) is 0. The van der Waals surface area contributed by atoms with Crippen molar-refractivity contribution in [3.05, 3.63) is 0 Å². The van der Waals surface area contributed by atoms with Crippen LogP contribution in [0.15, 0.2) is 0 Å². The highest BCUT2D eigenvalue weighted by molar-refractivity contribution is 7.41. The van der Waals surface area contributed by atoms with Crippen molar-refractivity contribution in [2.24, 2.45) is 5.41 Å². The molecule has 0 unspecified atom stereocenters. The van der Waals surface area contributed by atoms with Gasteiger partial charge in [0, 0.05) is 5.41 Å². The summed E-state index contributed by atoms with van der Waals surface area (Å²) in [5.74, 6) is 0. The molecule has 4 heteroatoms. The van der Waals surface area contributed by atoms with Gasteiger partial charge in [-0.05, 0) is 6.42 Å². The minimum atomic E-state index is -1.06. The van der Waals surface area contributed by atoms with Crippen molar-refractivity contribution in [1.29, 1.82) is 0 Å². The molecular formula is C15H31O3P. The Morgan fingerprint density at radius 3 is 2.00 bits per heavy atom. The van der Waals surface area contributed by atoms with Crippen molar-refractivity contribution in [3.63, 3.8) is 0 Å². The monoisotopic (exact) mass is 290 g/mol. The third-order valence-corrected chi connectivity index (χ3v) is 4.39. The van der Waals surface area contributed by atoms with E-state index < -0.39 is 8.60 Å². The second-order valence-electron chi connectivity index (χ2n) is 6.24. The van der Waals surface area contributed by atoms with E-state index in [0.717, 1.165) is 26.2 Å². The zero-order valence-electron chi connectivity index (χ0n) is 13.0. The molecule has 0 aromatic carbocycles. The van der Waals surface area contributed by atoms with Gasteiger partial charge in [-0.25, -0.2) is 0 Å². The Kier molecular flexibility index (Phi) is 9.23. The number of unbranched alkanes of at least 4 members (excludes halogenated alkanes) is 7. The lowest BCUT2D eigenvalue weighted by Gasteiger charge is -2.32. The van der Waals surface area contributed by atoms with Crippen molar-refractivity contribution in [2.45, 2.75) is 72.1 Å². The minimum absolute atomic E-state index is 0.140. The highest BCUT2D eigenvalue weighted by atomic mass is 31.2. The van der Waals surface area contributed by atoms with Crippen molar-refractivity contribution in [1.82, 2.24) is 0 Å². The van der Waals surface area contributed by atoms with E-state index in [1.165, 1.54) is 44.9 Å². The molecule has 3 nitrogen and oxygen atoms in total. The predicted octanol–water partition coefficient (Wildman–Crippen LogP) is 5.44. The molecule has 0 spiro atoms. The van der Waals surface area contributed by atoms with Gasteiger partial charge in [0.15, 0.2) is 0 Å². The Hall–Kier alpha value is 0.310. The van der Waals surface area contributed by atoms with Gasteiger partial charge in [-0.2, -0.15) is 0 Å². The van der Waals surface area contributed by atoms with Crippen LogP contribution in [0.3, 0.4) is 0 Å². The summed E-state index contributed by atoms with van der Waals surface area (Å²) in [6.45, 7) is 8.83. The fourth-order valence-electron chi connectivity index (χ4n) is 1.98. The first-order chi connectivity index (χ1) is 9.14. The first-order valence-corrected chi connectivity index (χ1v) is 8.92. The average molecular weight is 290 g/mol. The molecule has 0 radical (unpaired) electrons. The van der Waals surface area contributed by atoms with Crippen molar-refractivity contribution in [2.75, 3.05) is 19.8 Å². The standard InChI is InChI=1S/C15H31O3P/c1-4-5-6-7-8-9-10-11-12-16-19-17-13-15(2,3)14-18-19/h4-14H2,1-3H3. The van der Waals surface area contributed by atoms with Gasteiger partial charge in [-0.1, -0.05) is 65.7 Å². The number of hydrogen-bond acceptors (Lipinski definition) is 3. The molecule has 1 saturated heterocycles. The lowest BCUT2D eigenvalue weighted by atomic mass is 9.97. The number of rotatable bonds is 10. The van der Waals surface area contributed by atoms with Gasteiger partial charge in [0.05, 0.1) is 19.8 Å². The van der Waals surface area contributed by atoms with Crippen molar-refractivity contribution < 1.29 is 13.6 Å². The molecule has 114 valence electrons. The highest BCUT2D eigenvalue weighted by Gasteiger charge is 2.29. The molecule has 1 rings (SSSR count). The SMILES string of the molecule is CCCCCCCCCCOP1OCC(C)(C)CO1. The molecule has 1 aliphatic heterocycles. The Morgan fingerprint density at radius 2 is 1.42 bits per heavy atom. The quantitative estimate of drug-likeness (QED) is 0.396. The Morgan fingerprint density at radius 1 is 0.895 bits per heavy atom. The molecule has 0 N–H and O–H groups in total. The molecule has 0 amide bonds. The molecule has 1 aliphatic rings. The summed E-state index contributed by atoms with van der Waals surface area (Å²) < 4.78 is 16.8. The third kappa shape index (κ3) is 8.96. The summed E-state index contributed by atoms with van der Waals surface area (Å²) >= 11 is 0. The lowest BCUT2D eigenvalue weighted by Crippen LogP contribution is -2.28. The van der Waals surface area contributed by atoms with E-state index in [-0.39, 0.29) is 5.41 Å². The summed E-state index contributed by atoms with van der Waals surface area (Å²) in [4.78, 5) is 0. The van der Waals surface area contributed by atoms with Crippen LogP contribution in [0.1, 0.15) is 72.1 Å². The first kappa shape index (κ1) is 17.4. The van der Waals surface area contributed by atoms with Gasteiger partial charge < -0.3 is 13.6 Å². The summed E-state index contributed by atoms with van der Waals surface area (Å²) in [6, 6.07) is 0.